The lowest BCUT2D eigenvalue weighted by Crippen LogP contribution is -2.29. The van der Waals surface area contributed by atoms with E-state index < -0.39 is 5.60 Å². The predicted molar refractivity (Wildman–Crippen MR) is 167 cm³/mol. The third-order valence-electron chi connectivity index (χ3n) is 8.49. The minimum Gasteiger partial charge on any atom is -0.489 e. The van der Waals surface area contributed by atoms with Gasteiger partial charge in [0, 0.05) is 35.4 Å². The number of anilines is 1. The van der Waals surface area contributed by atoms with Gasteiger partial charge >= 0.3 is 0 Å². The topological polar surface area (TPSA) is 61.8 Å². The molecule has 1 saturated carbocycles. The number of hydrogen-bond acceptors (Lipinski definition) is 4. The van der Waals surface area contributed by atoms with Crippen molar-refractivity contribution in [2.24, 2.45) is 0 Å². The van der Waals surface area contributed by atoms with E-state index in [2.05, 4.69) is 28.4 Å². The van der Waals surface area contributed by atoms with Crippen LogP contribution in [0.15, 0.2) is 60.7 Å². The Kier molecular flexibility index (Phi) is 8.60. The van der Waals surface area contributed by atoms with Gasteiger partial charge in [-0.15, -0.1) is 0 Å². The highest BCUT2D eigenvalue weighted by Crippen LogP contribution is 2.43. The summed E-state index contributed by atoms with van der Waals surface area (Å²) < 4.78 is 18.9. The Morgan fingerprint density at radius 3 is 2.57 bits per heavy atom. The van der Waals surface area contributed by atoms with Gasteiger partial charge in [0.15, 0.2) is 0 Å². The standard InChI is InChI=1S/C34H35Cl2FN2O3/c35-24-7-11-29(31(36)20-24)30-4-1-3-23-19-25(38-33(40)34(41)14-15-34)8-12-28(23)32(30)22-5-9-26(10-6-22)42-27-13-18-39(21-27)17-2-16-37/h5-12,19-20,27,41H,1-4,13-18,21H2,(H,38,40). The van der Waals surface area contributed by atoms with Crippen LogP contribution < -0.4 is 10.1 Å². The van der Waals surface area contributed by atoms with Crippen molar-refractivity contribution in [1.82, 2.24) is 4.90 Å². The molecule has 2 aliphatic carbocycles. The van der Waals surface area contributed by atoms with E-state index in [-0.39, 0.29) is 18.7 Å². The Bertz CT molecular complexity index is 1500. The molecular weight excluding hydrogens is 574 g/mol. The average Bonchev–Trinajstić information content (AvgIpc) is 3.63. The Morgan fingerprint density at radius 1 is 1.05 bits per heavy atom. The molecule has 0 bridgehead atoms. The molecular formula is C34H35Cl2FN2O3. The second-order valence-electron chi connectivity index (χ2n) is 11.6. The van der Waals surface area contributed by atoms with Gasteiger partial charge in [-0.3, -0.25) is 14.1 Å². The van der Waals surface area contributed by atoms with Crippen molar-refractivity contribution >= 4 is 45.9 Å². The summed E-state index contributed by atoms with van der Waals surface area (Å²) in [6, 6.07) is 19.9. The number of hydrogen-bond donors (Lipinski definition) is 2. The van der Waals surface area contributed by atoms with Crippen LogP contribution >= 0.6 is 23.2 Å². The van der Waals surface area contributed by atoms with E-state index in [0.717, 1.165) is 84.5 Å². The third kappa shape index (κ3) is 6.37. The number of amides is 1. The van der Waals surface area contributed by atoms with Gasteiger partial charge < -0.3 is 15.2 Å². The van der Waals surface area contributed by atoms with Crippen LogP contribution in [0, 0.1) is 0 Å². The molecule has 1 saturated heterocycles. The molecule has 8 heteroatoms. The largest absolute Gasteiger partial charge is 0.489 e. The summed E-state index contributed by atoms with van der Waals surface area (Å²) in [7, 11) is 0. The van der Waals surface area contributed by atoms with E-state index in [1.807, 2.05) is 36.4 Å². The number of ether oxygens (including phenoxy) is 1. The van der Waals surface area contributed by atoms with Crippen molar-refractivity contribution < 1.29 is 19.0 Å². The van der Waals surface area contributed by atoms with Crippen molar-refractivity contribution in [3.05, 3.63) is 93.0 Å². The Morgan fingerprint density at radius 2 is 1.83 bits per heavy atom. The number of aliphatic hydroxyl groups is 1. The van der Waals surface area contributed by atoms with Gasteiger partial charge in [0.2, 0.25) is 0 Å². The van der Waals surface area contributed by atoms with E-state index in [1.54, 1.807) is 6.07 Å². The zero-order chi connectivity index (χ0) is 29.3. The second-order valence-corrected chi connectivity index (χ2v) is 12.4. The highest BCUT2D eigenvalue weighted by molar-refractivity contribution is 6.36. The molecule has 1 amide bonds. The number of nitrogens with one attached hydrogen (secondary N) is 1. The molecule has 1 atom stereocenters. The number of nitrogens with zero attached hydrogens (tertiary/aromatic N) is 1. The van der Waals surface area contributed by atoms with Gasteiger partial charge in [0.05, 0.1) is 6.67 Å². The summed E-state index contributed by atoms with van der Waals surface area (Å²) in [6.45, 7) is 2.23. The average molecular weight is 610 g/mol. The van der Waals surface area contributed by atoms with E-state index in [0.29, 0.717) is 35.0 Å². The first-order valence-corrected chi connectivity index (χ1v) is 15.5. The molecule has 42 heavy (non-hydrogen) atoms. The van der Waals surface area contributed by atoms with Gasteiger partial charge in [-0.05, 0) is 115 Å². The highest BCUT2D eigenvalue weighted by Gasteiger charge is 2.48. The van der Waals surface area contributed by atoms with Gasteiger partial charge in [-0.25, -0.2) is 0 Å². The van der Waals surface area contributed by atoms with Crippen molar-refractivity contribution in [3.8, 4) is 5.75 Å². The van der Waals surface area contributed by atoms with Crippen LogP contribution in [0.25, 0.3) is 11.1 Å². The number of fused-ring (bicyclic) bond motifs is 1. The molecule has 6 rings (SSSR count). The lowest BCUT2D eigenvalue weighted by molar-refractivity contribution is -0.125. The fraction of sp³-hybridized carbons (Fsp3) is 0.382. The zero-order valence-electron chi connectivity index (χ0n) is 23.5. The van der Waals surface area contributed by atoms with Gasteiger partial charge in [-0.1, -0.05) is 47.5 Å². The summed E-state index contributed by atoms with van der Waals surface area (Å²) in [5.41, 5.74) is 5.92. The van der Waals surface area contributed by atoms with Crippen LogP contribution in [0.1, 0.15) is 60.8 Å². The number of carbonyl (C=O) groups excluding carboxylic acids is 1. The van der Waals surface area contributed by atoms with Crippen molar-refractivity contribution in [2.45, 2.75) is 56.7 Å². The summed E-state index contributed by atoms with van der Waals surface area (Å²) in [5.74, 6) is 0.469. The van der Waals surface area contributed by atoms with Crippen LogP contribution in [-0.2, 0) is 11.2 Å². The molecule has 3 aromatic rings. The molecule has 5 nitrogen and oxygen atoms in total. The quantitative estimate of drug-likeness (QED) is 0.263. The minimum atomic E-state index is -1.23. The molecule has 0 aromatic heterocycles. The lowest BCUT2D eigenvalue weighted by Gasteiger charge is -2.19. The monoisotopic (exact) mass is 608 g/mol. The molecule has 3 aliphatic rings. The van der Waals surface area contributed by atoms with E-state index in [9.17, 15) is 14.3 Å². The first-order chi connectivity index (χ1) is 20.3. The maximum absolute atomic E-state index is 12.6. The maximum Gasteiger partial charge on any atom is 0.256 e. The Balaban J connectivity index is 1.33. The number of carbonyl (C=O) groups is 1. The molecule has 1 aliphatic heterocycles. The Hall–Kier alpha value is -2.90. The number of rotatable bonds is 9. The fourth-order valence-corrected chi connectivity index (χ4v) is 6.59. The molecule has 0 radical (unpaired) electrons. The van der Waals surface area contributed by atoms with Crippen molar-refractivity contribution in [3.63, 3.8) is 0 Å². The molecule has 220 valence electrons. The Labute approximate surface area is 256 Å². The minimum absolute atomic E-state index is 0.0963. The van der Waals surface area contributed by atoms with Crippen LogP contribution in [0.5, 0.6) is 5.75 Å². The van der Waals surface area contributed by atoms with Crippen LogP contribution in [-0.4, -0.2) is 53.9 Å². The van der Waals surface area contributed by atoms with Crippen LogP contribution in [0.2, 0.25) is 10.0 Å². The SMILES string of the molecule is O=C(Nc1ccc2c(c1)CCCC(c1ccc(Cl)cc1Cl)=C2c1ccc(OC2CCN(CCCF)C2)cc1)C1(O)CC1. The summed E-state index contributed by atoms with van der Waals surface area (Å²) in [4.78, 5) is 14.8. The molecule has 1 unspecified atom stereocenters. The third-order valence-corrected chi connectivity index (χ3v) is 9.04. The normalized spacial score (nSPS) is 19.8. The number of allylic oxidation sites excluding steroid dienone is 1. The van der Waals surface area contributed by atoms with E-state index >= 15 is 0 Å². The van der Waals surface area contributed by atoms with Gasteiger partial charge in [0.1, 0.15) is 17.5 Å². The summed E-state index contributed by atoms with van der Waals surface area (Å²) in [6.07, 6.45) is 5.16. The molecule has 1 heterocycles. The summed E-state index contributed by atoms with van der Waals surface area (Å²) >= 11 is 13.0. The first kappa shape index (κ1) is 29.2. The fourth-order valence-electron chi connectivity index (χ4n) is 6.06. The van der Waals surface area contributed by atoms with E-state index in [1.165, 1.54) is 0 Å². The molecule has 2 N–H and O–H groups in total. The maximum atomic E-state index is 12.6. The molecule has 2 fully saturated rings. The number of benzene rings is 3. The van der Waals surface area contributed by atoms with Gasteiger partial charge in [0.25, 0.3) is 5.91 Å². The first-order valence-electron chi connectivity index (χ1n) is 14.7. The number of alkyl halides is 1. The number of halogens is 3. The van der Waals surface area contributed by atoms with Crippen LogP contribution in [0.4, 0.5) is 10.1 Å². The molecule has 3 aromatic carbocycles. The smallest absolute Gasteiger partial charge is 0.256 e. The van der Waals surface area contributed by atoms with Crippen molar-refractivity contribution in [2.75, 3.05) is 31.6 Å². The zero-order valence-corrected chi connectivity index (χ0v) is 25.0. The molecule has 0 spiro atoms. The second kappa shape index (κ2) is 12.4. The predicted octanol–water partition coefficient (Wildman–Crippen LogP) is 7.56. The van der Waals surface area contributed by atoms with Crippen LogP contribution in [0.3, 0.4) is 0 Å². The highest BCUT2D eigenvalue weighted by atomic mass is 35.5. The lowest BCUT2D eigenvalue weighted by atomic mass is 9.87. The van der Waals surface area contributed by atoms with Crippen molar-refractivity contribution in [1.29, 1.82) is 0 Å². The summed E-state index contributed by atoms with van der Waals surface area (Å²) in [5, 5.41) is 14.3. The number of aryl methyl sites for hydroxylation is 1. The van der Waals surface area contributed by atoms with Gasteiger partial charge in [-0.2, -0.15) is 0 Å². The number of likely N-dealkylation sites (tertiary alicyclic amines) is 1. The van der Waals surface area contributed by atoms with E-state index in [4.69, 9.17) is 27.9 Å².